The Labute approximate surface area is 122 Å². The van der Waals surface area contributed by atoms with E-state index in [9.17, 15) is 4.79 Å². The molecule has 110 valence electrons. The lowest BCUT2D eigenvalue weighted by Gasteiger charge is -2.37. The molecule has 0 radical (unpaired) electrons. The highest BCUT2D eigenvalue weighted by Gasteiger charge is 2.28. The molecular formula is C17H26N2O. The minimum atomic E-state index is -0.164. The number of rotatable bonds is 4. The average molecular weight is 274 g/mol. The van der Waals surface area contributed by atoms with Crippen LogP contribution in [0, 0.1) is 6.92 Å². The Morgan fingerprint density at radius 2 is 2.15 bits per heavy atom. The van der Waals surface area contributed by atoms with Crippen LogP contribution in [0.3, 0.4) is 0 Å². The van der Waals surface area contributed by atoms with E-state index in [1.807, 2.05) is 25.1 Å². The van der Waals surface area contributed by atoms with Crippen LogP contribution in [-0.4, -0.2) is 29.4 Å². The Morgan fingerprint density at radius 3 is 2.85 bits per heavy atom. The predicted octanol–water partition coefficient (Wildman–Crippen LogP) is 3.59. The van der Waals surface area contributed by atoms with Crippen molar-refractivity contribution >= 4 is 11.6 Å². The molecule has 2 unspecified atom stereocenters. The molecule has 20 heavy (non-hydrogen) atoms. The smallest absolute Gasteiger partial charge is 0.245 e. The monoisotopic (exact) mass is 274 g/mol. The lowest BCUT2D eigenvalue weighted by Crippen LogP contribution is -2.49. The Morgan fingerprint density at radius 1 is 1.40 bits per heavy atom. The summed E-state index contributed by atoms with van der Waals surface area (Å²) in [6.45, 7) is 7.12. The van der Waals surface area contributed by atoms with E-state index in [2.05, 4.69) is 30.1 Å². The quantitative estimate of drug-likeness (QED) is 0.910. The molecule has 1 aliphatic rings. The van der Waals surface area contributed by atoms with Gasteiger partial charge in [-0.25, -0.2) is 0 Å². The van der Waals surface area contributed by atoms with Crippen molar-refractivity contribution in [2.75, 3.05) is 11.9 Å². The van der Waals surface area contributed by atoms with E-state index in [4.69, 9.17) is 0 Å². The van der Waals surface area contributed by atoms with Crippen LogP contribution in [0.1, 0.15) is 45.1 Å². The number of nitrogens with one attached hydrogen (secondary N) is 1. The van der Waals surface area contributed by atoms with Gasteiger partial charge in [0, 0.05) is 18.3 Å². The maximum Gasteiger partial charge on any atom is 0.245 e. The summed E-state index contributed by atoms with van der Waals surface area (Å²) in [7, 11) is 0. The summed E-state index contributed by atoms with van der Waals surface area (Å²) in [4.78, 5) is 14.7. The Kier molecular flexibility index (Phi) is 5.05. The van der Waals surface area contributed by atoms with Gasteiger partial charge in [-0.15, -0.1) is 0 Å². The lowest BCUT2D eigenvalue weighted by atomic mass is 9.99. The van der Waals surface area contributed by atoms with Crippen LogP contribution in [0.2, 0.25) is 0 Å². The average Bonchev–Trinajstić information content (AvgIpc) is 2.48. The Hall–Kier alpha value is -1.51. The minimum absolute atomic E-state index is 0.164. The van der Waals surface area contributed by atoms with Crippen LogP contribution < -0.4 is 5.32 Å². The van der Waals surface area contributed by atoms with Crippen LogP contribution in [0.15, 0.2) is 24.3 Å². The zero-order valence-corrected chi connectivity index (χ0v) is 12.9. The first-order valence-corrected chi connectivity index (χ1v) is 7.76. The summed E-state index contributed by atoms with van der Waals surface area (Å²) in [5, 5.41) is 3.36. The summed E-state index contributed by atoms with van der Waals surface area (Å²) < 4.78 is 0. The Bertz CT molecular complexity index is 458. The molecule has 0 spiro atoms. The van der Waals surface area contributed by atoms with Crippen molar-refractivity contribution < 1.29 is 4.79 Å². The number of piperidine rings is 1. The third-order valence-electron chi connectivity index (χ3n) is 4.27. The fourth-order valence-electron chi connectivity index (χ4n) is 2.99. The summed E-state index contributed by atoms with van der Waals surface area (Å²) in [5.41, 5.74) is 2.23. The van der Waals surface area contributed by atoms with Crippen molar-refractivity contribution in [3.63, 3.8) is 0 Å². The van der Waals surface area contributed by atoms with Crippen molar-refractivity contribution in [2.24, 2.45) is 0 Å². The van der Waals surface area contributed by atoms with E-state index in [0.29, 0.717) is 6.04 Å². The maximum atomic E-state index is 12.6. The van der Waals surface area contributed by atoms with Gasteiger partial charge in [-0.3, -0.25) is 4.79 Å². The van der Waals surface area contributed by atoms with Gasteiger partial charge in [-0.2, -0.15) is 0 Å². The topological polar surface area (TPSA) is 32.3 Å². The second kappa shape index (κ2) is 6.78. The molecule has 1 N–H and O–H groups in total. The molecule has 0 aromatic heterocycles. The third-order valence-corrected chi connectivity index (χ3v) is 4.27. The summed E-state index contributed by atoms with van der Waals surface area (Å²) in [5.74, 6) is 0.236. The van der Waals surface area contributed by atoms with Gasteiger partial charge in [-0.05, 0) is 51.2 Å². The number of carbonyl (C=O) groups is 1. The number of amides is 1. The molecule has 0 saturated carbocycles. The van der Waals surface area contributed by atoms with Gasteiger partial charge in [0.1, 0.15) is 6.04 Å². The van der Waals surface area contributed by atoms with Crippen LogP contribution in [-0.2, 0) is 4.79 Å². The molecule has 1 aromatic carbocycles. The van der Waals surface area contributed by atoms with E-state index in [-0.39, 0.29) is 11.9 Å². The summed E-state index contributed by atoms with van der Waals surface area (Å²) in [6.07, 6.45) is 4.60. The van der Waals surface area contributed by atoms with E-state index < -0.39 is 0 Å². The number of nitrogens with zero attached hydrogens (tertiary/aromatic N) is 1. The van der Waals surface area contributed by atoms with Gasteiger partial charge in [0.2, 0.25) is 5.91 Å². The molecule has 1 fully saturated rings. The highest BCUT2D eigenvalue weighted by atomic mass is 16.2. The normalized spacial score (nSPS) is 20.6. The fraction of sp³-hybridized carbons (Fsp3) is 0.588. The minimum Gasteiger partial charge on any atom is -0.374 e. The van der Waals surface area contributed by atoms with E-state index in [1.54, 1.807) is 0 Å². The second-order valence-electron chi connectivity index (χ2n) is 5.77. The molecule has 2 rings (SSSR count). The number of hydrogen-bond acceptors (Lipinski definition) is 2. The highest BCUT2D eigenvalue weighted by molar-refractivity contribution is 5.84. The number of hydrogen-bond donors (Lipinski definition) is 1. The van der Waals surface area contributed by atoms with Crippen LogP contribution >= 0.6 is 0 Å². The summed E-state index contributed by atoms with van der Waals surface area (Å²) in [6, 6.07) is 8.38. The highest BCUT2D eigenvalue weighted by Crippen LogP contribution is 2.21. The molecule has 1 heterocycles. The molecule has 1 saturated heterocycles. The largest absolute Gasteiger partial charge is 0.374 e. The molecule has 0 bridgehead atoms. The SMILES string of the molecule is CCC1CCCCN1C(=O)C(C)Nc1ccccc1C. The molecule has 3 heteroatoms. The first-order valence-electron chi connectivity index (χ1n) is 7.76. The number of benzene rings is 1. The van der Waals surface area contributed by atoms with Gasteiger partial charge >= 0.3 is 0 Å². The molecule has 0 aliphatic carbocycles. The standard InChI is InChI=1S/C17H26N2O/c1-4-15-10-7-8-12-19(15)17(20)14(3)18-16-11-6-5-9-13(16)2/h5-6,9,11,14-15,18H,4,7-8,10,12H2,1-3H3. The molecular weight excluding hydrogens is 248 g/mol. The van der Waals surface area contributed by atoms with Gasteiger partial charge < -0.3 is 10.2 Å². The first-order chi connectivity index (χ1) is 9.63. The molecule has 2 atom stereocenters. The van der Waals surface area contributed by atoms with E-state index in [1.165, 1.54) is 12.0 Å². The molecule has 1 amide bonds. The molecule has 3 nitrogen and oxygen atoms in total. The van der Waals surface area contributed by atoms with Gasteiger partial charge in [-0.1, -0.05) is 25.1 Å². The summed E-state index contributed by atoms with van der Waals surface area (Å²) >= 11 is 0. The fourth-order valence-corrected chi connectivity index (χ4v) is 2.99. The van der Waals surface area contributed by atoms with Crippen molar-refractivity contribution in [1.29, 1.82) is 0 Å². The number of likely N-dealkylation sites (tertiary alicyclic amines) is 1. The number of aryl methyl sites for hydroxylation is 1. The molecule has 1 aliphatic heterocycles. The van der Waals surface area contributed by atoms with Crippen molar-refractivity contribution in [3.05, 3.63) is 29.8 Å². The van der Waals surface area contributed by atoms with Gasteiger partial charge in [0.05, 0.1) is 0 Å². The van der Waals surface area contributed by atoms with Crippen molar-refractivity contribution in [2.45, 2.75) is 58.5 Å². The third kappa shape index (κ3) is 3.33. The number of anilines is 1. The first kappa shape index (κ1) is 14.9. The van der Waals surface area contributed by atoms with Gasteiger partial charge in [0.15, 0.2) is 0 Å². The maximum absolute atomic E-state index is 12.6. The van der Waals surface area contributed by atoms with Crippen LogP contribution in [0.4, 0.5) is 5.69 Å². The predicted molar refractivity (Wildman–Crippen MR) is 83.9 cm³/mol. The zero-order chi connectivity index (χ0) is 14.5. The van der Waals surface area contributed by atoms with Crippen LogP contribution in [0.25, 0.3) is 0 Å². The lowest BCUT2D eigenvalue weighted by molar-refractivity contribution is -0.135. The van der Waals surface area contributed by atoms with Crippen LogP contribution in [0.5, 0.6) is 0 Å². The van der Waals surface area contributed by atoms with Gasteiger partial charge in [0.25, 0.3) is 0 Å². The number of carbonyl (C=O) groups excluding carboxylic acids is 1. The number of para-hydroxylation sites is 1. The van der Waals surface area contributed by atoms with E-state index in [0.717, 1.165) is 31.5 Å². The van der Waals surface area contributed by atoms with Crippen molar-refractivity contribution in [3.8, 4) is 0 Å². The second-order valence-corrected chi connectivity index (χ2v) is 5.77. The molecule has 1 aromatic rings. The van der Waals surface area contributed by atoms with E-state index >= 15 is 0 Å². The Balaban J connectivity index is 2.03. The zero-order valence-electron chi connectivity index (χ0n) is 12.9. The van der Waals surface area contributed by atoms with Crippen molar-refractivity contribution in [1.82, 2.24) is 4.90 Å².